The molecule has 0 saturated heterocycles. The van der Waals surface area contributed by atoms with Gasteiger partial charge in [0.15, 0.2) is 0 Å². The van der Waals surface area contributed by atoms with Gasteiger partial charge in [-0.1, -0.05) is 13.8 Å². The molecule has 16 heavy (non-hydrogen) atoms. The first-order chi connectivity index (χ1) is 7.32. The van der Waals surface area contributed by atoms with Crippen LogP contribution in [0, 0.1) is 5.92 Å². The van der Waals surface area contributed by atoms with E-state index in [1.165, 1.54) is 12.8 Å². The van der Waals surface area contributed by atoms with Gasteiger partial charge in [-0.2, -0.15) is 0 Å². The molecule has 2 unspecified atom stereocenters. The van der Waals surface area contributed by atoms with Gasteiger partial charge < -0.3 is 15.3 Å². The summed E-state index contributed by atoms with van der Waals surface area (Å²) in [5.74, 6) is 0.860. The van der Waals surface area contributed by atoms with E-state index >= 15 is 0 Å². The minimum absolute atomic E-state index is 0.428. The van der Waals surface area contributed by atoms with Crippen LogP contribution in [0.5, 0.6) is 0 Å². The molecule has 1 saturated carbocycles. The maximum absolute atomic E-state index is 10.3. The first-order valence-electron chi connectivity index (χ1n) is 6.48. The number of likely N-dealkylation sites (N-methyl/N-ethyl adjacent to an activating group) is 1. The Hall–Kier alpha value is -0.120. The fraction of sp³-hybridized carbons (Fsp3) is 1.00. The minimum atomic E-state index is -0.637. The smallest absolute Gasteiger partial charge is 0.0869 e. The molecule has 0 aromatic rings. The summed E-state index contributed by atoms with van der Waals surface area (Å²) in [6, 6.07) is 1.03. The van der Waals surface area contributed by atoms with E-state index in [0.29, 0.717) is 18.6 Å². The lowest BCUT2D eigenvalue weighted by molar-refractivity contribution is 0.0138. The van der Waals surface area contributed by atoms with Crippen LogP contribution < -0.4 is 5.32 Å². The van der Waals surface area contributed by atoms with Crippen molar-refractivity contribution in [1.29, 1.82) is 0 Å². The summed E-state index contributed by atoms with van der Waals surface area (Å²) in [6.45, 7) is 9.79. The molecule has 0 heterocycles. The summed E-state index contributed by atoms with van der Waals surface area (Å²) in [7, 11) is 2.12. The normalized spacial score (nSPS) is 22.5. The molecule has 2 atom stereocenters. The van der Waals surface area contributed by atoms with E-state index in [0.717, 1.165) is 12.5 Å². The zero-order valence-corrected chi connectivity index (χ0v) is 11.5. The van der Waals surface area contributed by atoms with Crippen molar-refractivity contribution in [3.63, 3.8) is 0 Å². The van der Waals surface area contributed by atoms with Crippen LogP contribution in [0.3, 0.4) is 0 Å². The Kier molecular flexibility index (Phi) is 4.77. The van der Waals surface area contributed by atoms with Gasteiger partial charge in [-0.05, 0) is 39.7 Å². The van der Waals surface area contributed by atoms with Gasteiger partial charge in [-0.15, -0.1) is 0 Å². The number of hydrogen-bond acceptors (Lipinski definition) is 3. The van der Waals surface area contributed by atoms with E-state index in [2.05, 4.69) is 38.0 Å². The second-order valence-corrected chi connectivity index (χ2v) is 6.03. The van der Waals surface area contributed by atoms with Gasteiger partial charge in [-0.3, -0.25) is 0 Å². The molecule has 0 aliphatic heterocycles. The number of hydrogen-bond donors (Lipinski definition) is 2. The zero-order chi connectivity index (χ0) is 12.3. The maximum atomic E-state index is 10.3. The van der Waals surface area contributed by atoms with E-state index in [-0.39, 0.29) is 0 Å². The summed E-state index contributed by atoms with van der Waals surface area (Å²) in [5.41, 5.74) is -0.637. The van der Waals surface area contributed by atoms with Crippen molar-refractivity contribution in [3.8, 4) is 0 Å². The van der Waals surface area contributed by atoms with Gasteiger partial charge in [0.05, 0.1) is 5.60 Å². The second kappa shape index (κ2) is 5.48. The van der Waals surface area contributed by atoms with Gasteiger partial charge in [0.25, 0.3) is 0 Å². The zero-order valence-electron chi connectivity index (χ0n) is 11.5. The van der Waals surface area contributed by atoms with Gasteiger partial charge in [0, 0.05) is 25.2 Å². The molecular weight excluding hydrogens is 200 g/mol. The lowest BCUT2D eigenvalue weighted by Crippen LogP contribution is -2.50. The van der Waals surface area contributed by atoms with E-state index < -0.39 is 5.60 Å². The maximum Gasteiger partial charge on any atom is 0.0869 e. The highest BCUT2D eigenvalue weighted by molar-refractivity contribution is 4.88. The Morgan fingerprint density at radius 2 is 1.94 bits per heavy atom. The molecule has 0 bridgehead atoms. The fourth-order valence-electron chi connectivity index (χ4n) is 2.10. The van der Waals surface area contributed by atoms with Crippen LogP contribution in [0.1, 0.15) is 40.5 Å². The van der Waals surface area contributed by atoms with Crippen LogP contribution in [0.15, 0.2) is 0 Å². The molecule has 1 rings (SSSR count). The van der Waals surface area contributed by atoms with Crippen molar-refractivity contribution in [2.75, 3.05) is 20.1 Å². The van der Waals surface area contributed by atoms with Crippen molar-refractivity contribution in [2.24, 2.45) is 5.92 Å². The molecule has 1 fully saturated rings. The average molecular weight is 228 g/mol. The first-order valence-corrected chi connectivity index (χ1v) is 6.48. The molecule has 0 radical (unpaired) electrons. The molecule has 0 aromatic carbocycles. The molecule has 0 spiro atoms. The van der Waals surface area contributed by atoms with Crippen molar-refractivity contribution < 1.29 is 5.11 Å². The van der Waals surface area contributed by atoms with Crippen LogP contribution in [0.2, 0.25) is 0 Å². The highest BCUT2D eigenvalue weighted by Gasteiger charge is 2.33. The van der Waals surface area contributed by atoms with Crippen molar-refractivity contribution in [2.45, 2.75) is 58.2 Å². The molecule has 0 aromatic heterocycles. The van der Waals surface area contributed by atoms with Crippen molar-refractivity contribution in [1.82, 2.24) is 10.2 Å². The molecule has 2 N–H and O–H groups in total. The van der Waals surface area contributed by atoms with Crippen molar-refractivity contribution >= 4 is 0 Å². The highest BCUT2D eigenvalue weighted by atomic mass is 16.3. The Morgan fingerprint density at radius 1 is 1.38 bits per heavy atom. The van der Waals surface area contributed by atoms with E-state index in [9.17, 15) is 5.11 Å². The van der Waals surface area contributed by atoms with Crippen LogP contribution >= 0.6 is 0 Å². The third-order valence-corrected chi connectivity index (χ3v) is 3.48. The largest absolute Gasteiger partial charge is 0.388 e. The number of nitrogens with zero attached hydrogens (tertiary/aromatic N) is 1. The monoisotopic (exact) mass is 228 g/mol. The minimum Gasteiger partial charge on any atom is -0.388 e. The SMILES string of the molecule is CC(C)NCC(C)(O)CN(C)C(C)C1CC1. The summed E-state index contributed by atoms with van der Waals surface area (Å²) in [6.07, 6.45) is 2.72. The number of aliphatic hydroxyl groups is 1. The standard InChI is InChI=1S/C13H28N2O/c1-10(2)14-8-13(4,16)9-15(5)11(3)12-6-7-12/h10-12,14,16H,6-9H2,1-5H3. The van der Waals surface area contributed by atoms with E-state index in [1.54, 1.807) is 0 Å². The average Bonchev–Trinajstić information content (AvgIpc) is 2.96. The highest BCUT2D eigenvalue weighted by Crippen LogP contribution is 2.34. The fourth-order valence-corrected chi connectivity index (χ4v) is 2.10. The van der Waals surface area contributed by atoms with Gasteiger partial charge in [0.1, 0.15) is 0 Å². The summed E-state index contributed by atoms with van der Waals surface area (Å²) in [5, 5.41) is 13.6. The summed E-state index contributed by atoms with van der Waals surface area (Å²) >= 11 is 0. The third kappa shape index (κ3) is 4.81. The van der Waals surface area contributed by atoms with E-state index in [4.69, 9.17) is 0 Å². The second-order valence-electron chi connectivity index (χ2n) is 6.03. The van der Waals surface area contributed by atoms with Gasteiger partial charge >= 0.3 is 0 Å². The third-order valence-electron chi connectivity index (χ3n) is 3.48. The Balaban J connectivity index is 2.31. The van der Waals surface area contributed by atoms with E-state index in [1.807, 2.05) is 6.92 Å². The Morgan fingerprint density at radius 3 is 2.38 bits per heavy atom. The quantitative estimate of drug-likeness (QED) is 0.692. The van der Waals surface area contributed by atoms with Crippen molar-refractivity contribution in [3.05, 3.63) is 0 Å². The molecule has 3 nitrogen and oxygen atoms in total. The topological polar surface area (TPSA) is 35.5 Å². The molecule has 1 aliphatic rings. The lowest BCUT2D eigenvalue weighted by Gasteiger charge is -2.33. The lowest BCUT2D eigenvalue weighted by atomic mass is 10.0. The van der Waals surface area contributed by atoms with Gasteiger partial charge in [-0.25, -0.2) is 0 Å². The molecular formula is C13H28N2O. The van der Waals surface area contributed by atoms with Crippen LogP contribution in [-0.2, 0) is 0 Å². The molecule has 1 aliphatic carbocycles. The van der Waals surface area contributed by atoms with Crippen LogP contribution in [0.25, 0.3) is 0 Å². The molecule has 96 valence electrons. The predicted octanol–water partition coefficient (Wildman–Crippen LogP) is 1.47. The predicted molar refractivity (Wildman–Crippen MR) is 68.6 cm³/mol. The first kappa shape index (κ1) is 13.9. The summed E-state index contributed by atoms with van der Waals surface area (Å²) in [4.78, 5) is 2.29. The molecule has 0 amide bonds. The Bertz CT molecular complexity index is 212. The summed E-state index contributed by atoms with van der Waals surface area (Å²) < 4.78 is 0. The number of rotatable bonds is 7. The molecule has 3 heteroatoms. The van der Waals surface area contributed by atoms with Crippen LogP contribution in [-0.4, -0.2) is 47.8 Å². The van der Waals surface area contributed by atoms with Crippen LogP contribution in [0.4, 0.5) is 0 Å². The Labute approximate surface area is 100 Å². The van der Waals surface area contributed by atoms with Gasteiger partial charge in [0.2, 0.25) is 0 Å². The number of nitrogens with one attached hydrogen (secondary N) is 1.